The maximum atomic E-state index is 11.8. The van der Waals surface area contributed by atoms with Crippen LogP contribution in [-0.4, -0.2) is 38.6 Å². The fraction of sp³-hybridized carbons (Fsp3) is 0.545. The van der Waals surface area contributed by atoms with Gasteiger partial charge in [-0.2, -0.15) is 10.2 Å². The van der Waals surface area contributed by atoms with Crippen LogP contribution in [0.3, 0.4) is 0 Å². The van der Waals surface area contributed by atoms with Crippen molar-refractivity contribution in [2.24, 2.45) is 5.92 Å². The second-order valence-electron chi connectivity index (χ2n) is 4.43. The van der Waals surface area contributed by atoms with Crippen LogP contribution in [0.25, 0.3) is 0 Å². The van der Waals surface area contributed by atoms with Gasteiger partial charge in [-0.15, -0.1) is 0 Å². The molecule has 1 aromatic rings. The number of rotatable bonds is 2. The van der Waals surface area contributed by atoms with Crippen LogP contribution >= 0.6 is 0 Å². The molecule has 0 amide bonds. The Kier molecular flexibility index (Phi) is 3.28. The minimum atomic E-state index is -1.70. The van der Waals surface area contributed by atoms with Crippen LogP contribution in [0.1, 0.15) is 6.92 Å². The Morgan fingerprint density at radius 2 is 2.42 bits per heavy atom. The van der Waals surface area contributed by atoms with Crippen molar-refractivity contribution in [1.29, 1.82) is 5.26 Å². The third-order valence-corrected chi connectivity index (χ3v) is 3.36. The molecule has 2 heterocycles. The quantitative estimate of drug-likeness (QED) is 0.586. The second kappa shape index (κ2) is 4.62. The van der Waals surface area contributed by atoms with Crippen LogP contribution in [0.2, 0.25) is 0 Å². The maximum Gasteiger partial charge on any atom is 0.352 e. The number of nitrogen functional groups attached to an aromatic ring is 1. The molecule has 1 saturated heterocycles. The minimum Gasteiger partial charge on any atom is -0.394 e. The third-order valence-electron chi connectivity index (χ3n) is 3.36. The normalized spacial score (nSPS) is 34.1. The smallest absolute Gasteiger partial charge is 0.352 e. The van der Waals surface area contributed by atoms with Crippen molar-refractivity contribution in [1.82, 2.24) is 9.55 Å². The molecule has 0 unspecified atom stereocenters. The number of aliphatic hydroxyl groups is 2. The highest BCUT2D eigenvalue weighted by molar-refractivity contribution is 5.25. The molecule has 0 radical (unpaired) electrons. The number of hydrogen-bond acceptors (Lipinski definition) is 7. The molecule has 1 aliphatic rings. The summed E-state index contributed by atoms with van der Waals surface area (Å²) < 4.78 is 6.38. The molecule has 1 aromatic heterocycles. The predicted molar refractivity (Wildman–Crippen MR) is 63.6 cm³/mol. The molecule has 0 spiro atoms. The predicted octanol–water partition coefficient (Wildman–Crippen LogP) is -1.61. The van der Waals surface area contributed by atoms with Crippen molar-refractivity contribution in [2.45, 2.75) is 24.9 Å². The summed E-state index contributed by atoms with van der Waals surface area (Å²) in [4.78, 5) is 15.4. The number of nitrogens with zero attached hydrogens (tertiary/aromatic N) is 3. The molecule has 2 rings (SSSR count). The highest BCUT2D eigenvalue weighted by Gasteiger charge is 2.54. The topological polar surface area (TPSA) is 134 Å². The lowest BCUT2D eigenvalue weighted by atomic mass is 9.94. The van der Waals surface area contributed by atoms with E-state index in [4.69, 9.17) is 15.6 Å². The van der Waals surface area contributed by atoms with Gasteiger partial charge in [0.2, 0.25) is 5.72 Å². The van der Waals surface area contributed by atoms with E-state index >= 15 is 0 Å². The average molecular weight is 266 g/mol. The summed E-state index contributed by atoms with van der Waals surface area (Å²) in [6, 6.07) is 3.24. The molecule has 1 fully saturated rings. The molecule has 0 saturated carbocycles. The van der Waals surface area contributed by atoms with Gasteiger partial charge in [-0.1, -0.05) is 6.92 Å². The van der Waals surface area contributed by atoms with E-state index in [2.05, 4.69) is 4.98 Å². The summed E-state index contributed by atoms with van der Waals surface area (Å²) in [7, 11) is 0. The minimum absolute atomic E-state index is 0.0271. The molecule has 0 aliphatic carbocycles. The van der Waals surface area contributed by atoms with Crippen molar-refractivity contribution >= 4 is 5.82 Å². The molecular weight excluding hydrogens is 252 g/mol. The van der Waals surface area contributed by atoms with Gasteiger partial charge in [0.15, 0.2) is 0 Å². The molecule has 8 nitrogen and oxygen atoms in total. The summed E-state index contributed by atoms with van der Waals surface area (Å²) in [6.45, 7) is 1.11. The Balaban J connectivity index is 2.56. The first kappa shape index (κ1) is 13.5. The monoisotopic (exact) mass is 266 g/mol. The lowest BCUT2D eigenvalue weighted by molar-refractivity contribution is -0.0918. The van der Waals surface area contributed by atoms with E-state index in [1.807, 2.05) is 6.07 Å². The second-order valence-corrected chi connectivity index (χ2v) is 4.43. The number of nitriles is 1. The Labute approximate surface area is 108 Å². The summed E-state index contributed by atoms with van der Waals surface area (Å²) in [5.41, 5.74) is 2.93. The zero-order chi connectivity index (χ0) is 14.2. The van der Waals surface area contributed by atoms with E-state index in [0.29, 0.717) is 0 Å². The van der Waals surface area contributed by atoms with E-state index in [9.17, 15) is 15.2 Å². The van der Waals surface area contributed by atoms with Gasteiger partial charge in [0, 0.05) is 12.1 Å². The first-order chi connectivity index (χ1) is 8.96. The molecule has 0 bridgehead atoms. The number of hydrogen-bond donors (Lipinski definition) is 3. The van der Waals surface area contributed by atoms with E-state index < -0.39 is 36.1 Å². The zero-order valence-corrected chi connectivity index (χ0v) is 10.2. The van der Waals surface area contributed by atoms with Crippen LogP contribution < -0.4 is 11.4 Å². The first-order valence-corrected chi connectivity index (χ1v) is 5.70. The number of nitrogens with two attached hydrogens (primary N) is 1. The van der Waals surface area contributed by atoms with Crippen molar-refractivity contribution in [3.63, 3.8) is 0 Å². The Morgan fingerprint density at radius 3 is 2.89 bits per heavy atom. The van der Waals surface area contributed by atoms with Gasteiger partial charge in [-0.05, 0) is 6.07 Å². The lowest BCUT2D eigenvalue weighted by Gasteiger charge is -2.27. The van der Waals surface area contributed by atoms with Crippen molar-refractivity contribution in [3.05, 3.63) is 22.7 Å². The molecule has 102 valence electrons. The van der Waals surface area contributed by atoms with Crippen molar-refractivity contribution in [2.75, 3.05) is 12.3 Å². The standard InChI is InChI=1S/C11H14N4O4/c1-6-9(17)7(4-16)19-11(6,5-12)15-3-2-8(13)14-10(15)18/h2-3,6-7,9,16-17H,4H2,1H3,(H2,13,14,18)/t6-,7+,9-,11+/m0/s1. The van der Waals surface area contributed by atoms with Crippen LogP contribution in [0.15, 0.2) is 17.1 Å². The van der Waals surface area contributed by atoms with Crippen molar-refractivity contribution in [3.8, 4) is 6.07 Å². The first-order valence-electron chi connectivity index (χ1n) is 5.70. The molecule has 8 heteroatoms. The van der Waals surface area contributed by atoms with Crippen LogP contribution in [0.4, 0.5) is 5.82 Å². The van der Waals surface area contributed by atoms with Gasteiger partial charge in [0.05, 0.1) is 12.7 Å². The third kappa shape index (κ3) is 1.88. The largest absolute Gasteiger partial charge is 0.394 e. The summed E-state index contributed by atoms with van der Waals surface area (Å²) in [6.07, 6.45) is -0.704. The SMILES string of the molecule is C[C@H]1[C@H](O)[C@@H](CO)O[C@@]1(C#N)n1ccc(N)nc1=O. The number of ether oxygens (including phenoxy) is 1. The summed E-state index contributed by atoms with van der Waals surface area (Å²) in [5, 5.41) is 28.4. The maximum absolute atomic E-state index is 11.8. The van der Waals surface area contributed by atoms with Gasteiger partial charge in [0.25, 0.3) is 0 Å². The van der Waals surface area contributed by atoms with Crippen LogP contribution in [-0.2, 0) is 10.5 Å². The van der Waals surface area contributed by atoms with E-state index in [1.54, 1.807) is 6.92 Å². The van der Waals surface area contributed by atoms with Crippen LogP contribution in [0, 0.1) is 17.2 Å². The van der Waals surface area contributed by atoms with Gasteiger partial charge >= 0.3 is 5.69 Å². The van der Waals surface area contributed by atoms with E-state index in [-0.39, 0.29) is 5.82 Å². The van der Waals surface area contributed by atoms with Crippen molar-refractivity contribution < 1.29 is 14.9 Å². The lowest BCUT2D eigenvalue weighted by Crippen LogP contribution is -2.45. The van der Waals surface area contributed by atoms with Gasteiger partial charge < -0.3 is 20.7 Å². The summed E-state index contributed by atoms with van der Waals surface area (Å²) in [5.74, 6) is -0.683. The van der Waals surface area contributed by atoms with E-state index in [0.717, 1.165) is 4.57 Å². The Hall–Kier alpha value is -1.95. The Morgan fingerprint density at radius 1 is 1.74 bits per heavy atom. The van der Waals surface area contributed by atoms with Gasteiger partial charge in [0.1, 0.15) is 18.0 Å². The number of aromatic nitrogens is 2. The highest BCUT2D eigenvalue weighted by atomic mass is 16.6. The van der Waals surface area contributed by atoms with Crippen LogP contribution in [0.5, 0.6) is 0 Å². The number of aliphatic hydroxyl groups excluding tert-OH is 2. The molecule has 4 N–H and O–H groups in total. The summed E-state index contributed by atoms with van der Waals surface area (Å²) >= 11 is 0. The molecule has 0 aromatic carbocycles. The fourth-order valence-electron chi connectivity index (χ4n) is 2.23. The van der Waals surface area contributed by atoms with Gasteiger partial charge in [-0.3, -0.25) is 4.57 Å². The van der Waals surface area contributed by atoms with E-state index in [1.165, 1.54) is 12.3 Å². The average Bonchev–Trinajstić information content (AvgIpc) is 2.64. The fourth-order valence-corrected chi connectivity index (χ4v) is 2.23. The molecule has 1 aliphatic heterocycles. The highest BCUT2D eigenvalue weighted by Crippen LogP contribution is 2.38. The molecular formula is C11H14N4O4. The number of anilines is 1. The van der Waals surface area contributed by atoms with Gasteiger partial charge in [-0.25, -0.2) is 4.79 Å². The molecule has 19 heavy (non-hydrogen) atoms. The zero-order valence-electron chi connectivity index (χ0n) is 10.2. The Bertz CT molecular complexity index is 581. The molecule has 4 atom stereocenters.